The van der Waals surface area contributed by atoms with Gasteiger partial charge < -0.3 is 4.74 Å². The summed E-state index contributed by atoms with van der Waals surface area (Å²) in [5, 5.41) is 26.6. The lowest BCUT2D eigenvalue weighted by Gasteiger charge is -2.64. The first kappa shape index (κ1) is 16.6. The topological polar surface area (TPSA) is 120 Å². The summed E-state index contributed by atoms with van der Waals surface area (Å²) in [7, 11) is 0. The van der Waals surface area contributed by atoms with Gasteiger partial charge in [-0.05, 0) is 43.6 Å². The fourth-order valence-electron chi connectivity index (χ4n) is 5.97. The molecule has 1 N–H and O–H groups in total. The van der Waals surface area contributed by atoms with Gasteiger partial charge in [-0.2, -0.15) is 5.10 Å². The molecule has 1 aliphatic heterocycles. The van der Waals surface area contributed by atoms with Gasteiger partial charge >= 0.3 is 5.69 Å². The lowest BCUT2D eigenvalue weighted by molar-refractivity contribution is -0.393. The second-order valence-electron chi connectivity index (χ2n) is 8.27. The number of non-ortho nitro benzene ring substituents is 1. The maximum atomic E-state index is 11.3. The van der Waals surface area contributed by atoms with Crippen LogP contribution in [-0.4, -0.2) is 27.8 Å². The number of hydrogen-bond acceptors (Lipinski definition) is 7. The summed E-state index contributed by atoms with van der Waals surface area (Å²) >= 11 is 0. The highest BCUT2D eigenvalue weighted by molar-refractivity contribution is 5.92. The van der Waals surface area contributed by atoms with Crippen LogP contribution in [0, 0.1) is 31.1 Å². The van der Waals surface area contributed by atoms with Crippen molar-refractivity contribution in [3.05, 3.63) is 38.4 Å². The van der Waals surface area contributed by atoms with Crippen LogP contribution in [0.5, 0.6) is 0 Å². The molecule has 3 saturated carbocycles. The predicted octanol–water partition coefficient (Wildman–Crippen LogP) is 3.78. The van der Waals surface area contributed by atoms with Gasteiger partial charge in [0.25, 0.3) is 5.69 Å². The Morgan fingerprint density at radius 1 is 1.15 bits per heavy atom. The summed E-state index contributed by atoms with van der Waals surface area (Å²) in [5.74, 6) is 0. The average molecular weight is 372 g/mol. The molecule has 4 atom stereocenters. The van der Waals surface area contributed by atoms with Gasteiger partial charge in [0.2, 0.25) is 0 Å². The van der Waals surface area contributed by atoms with Crippen LogP contribution in [-0.2, 0) is 4.74 Å². The van der Waals surface area contributed by atoms with Crippen LogP contribution in [0.3, 0.4) is 0 Å². The number of hydrazone groups is 1. The van der Waals surface area contributed by atoms with Gasteiger partial charge in [-0.1, -0.05) is 12.8 Å². The van der Waals surface area contributed by atoms with Crippen molar-refractivity contribution in [1.29, 1.82) is 0 Å². The monoisotopic (exact) mass is 372 g/mol. The third kappa shape index (κ3) is 2.17. The summed E-state index contributed by atoms with van der Waals surface area (Å²) in [6.45, 7) is 0. The molecular weight excluding hydrogens is 352 g/mol. The molecule has 5 rings (SSSR count). The molecule has 1 aromatic carbocycles. The Bertz CT molecular complexity index is 887. The van der Waals surface area contributed by atoms with Crippen LogP contribution >= 0.6 is 0 Å². The van der Waals surface area contributed by atoms with E-state index in [2.05, 4.69) is 10.5 Å². The Balaban J connectivity index is 1.42. The Morgan fingerprint density at radius 3 is 2.74 bits per heavy atom. The second kappa shape index (κ2) is 5.48. The molecule has 1 spiro atoms. The van der Waals surface area contributed by atoms with Gasteiger partial charge in [-0.3, -0.25) is 25.7 Å². The molecular formula is C18H20N4O5. The highest BCUT2D eigenvalue weighted by Crippen LogP contribution is 2.74. The number of rotatable bonds is 4. The SMILES string of the molecule is O=[N+]([O-])c1ccc(N/N=C2/C[C@@]34CCCC[C@@]35C[C@H]2O[C@H]5C4)c([N+](=O)[O-])c1. The maximum Gasteiger partial charge on any atom is 0.301 e. The van der Waals surface area contributed by atoms with E-state index in [-0.39, 0.29) is 28.6 Å². The second-order valence-corrected chi connectivity index (χ2v) is 8.27. The first-order valence-corrected chi connectivity index (χ1v) is 9.35. The summed E-state index contributed by atoms with van der Waals surface area (Å²) in [6.07, 6.45) is 8.25. The zero-order valence-corrected chi connectivity index (χ0v) is 14.7. The molecule has 4 aliphatic rings. The van der Waals surface area contributed by atoms with Crippen LogP contribution in [0.25, 0.3) is 0 Å². The number of nitrogens with zero attached hydrogens (tertiary/aromatic N) is 3. The number of fused-ring (bicyclic) bond motifs is 1. The van der Waals surface area contributed by atoms with Crippen molar-refractivity contribution in [3.8, 4) is 0 Å². The van der Waals surface area contributed by atoms with Crippen molar-refractivity contribution in [1.82, 2.24) is 0 Å². The first-order valence-electron chi connectivity index (χ1n) is 9.35. The van der Waals surface area contributed by atoms with E-state index in [0.29, 0.717) is 11.5 Å². The van der Waals surface area contributed by atoms with E-state index in [9.17, 15) is 20.2 Å². The summed E-state index contributed by atoms with van der Waals surface area (Å²) in [6, 6.07) is 3.53. The van der Waals surface area contributed by atoms with Gasteiger partial charge in [-0.15, -0.1) is 0 Å². The molecule has 0 amide bonds. The number of ether oxygens (including phenoxy) is 1. The molecule has 3 aliphatic carbocycles. The number of benzene rings is 1. The average Bonchev–Trinajstić information content (AvgIpc) is 2.78. The van der Waals surface area contributed by atoms with Crippen LogP contribution in [0.2, 0.25) is 0 Å². The summed E-state index contributed by atoms with van der Waals surface area (Å²) in [5.41, 5.74) is 3.80. The van der Waals surface area contributed by atoms with Crippen molar-refractivity contribution in [3.63, 3.8) is 0 Å². The minimum absolute atomic E-state index is 0.0201. The standard InChI is InChI=1S/C18H20N4O5/c23-21(24)11-3-4-12(14(7-11)22(25)26)19-20-13-8-17-5-1-2-6-18(17)9-15(13)27-16(18)10-17/h3-4,7,15-16,19H,1-2,5-6,8-10H2/b20-13-/t15-,16+,17-,18+/m1/s1. The lowest BCUT2D eigenvalue weighted by atomic mass is 9.39. The van der Waals surface area contributed by atoms with Gasteiger partial charge in [0.05, 0.1) is 33.8 Å². The van der Waals surface area contributed by atoms with E-state index >= 15 is 0 Å². The highest BCUT2D eigenvalue weighted by atomic mass is 16.6. The molecule has 9 nitrogen and oxygen atoms in total. The Hall–Kier alpha value is -2.55. The fourth-order valence-corrected chi connectivity index (χ4v) is 5.97. The zero-order chi connectivity index (χ0) is 18.8. The third-order valence-corrected chi connectivity index (χ3v) is 7.26. The van der Waals surface area contributed by atoms with Crippen LogP contribution in [0.15, 0.2) is 23.3 Å². The summed E-state index contributed by atoms with van der Waals surface area (Å²) in [4.78, 5) is 20.9. The quantitative estimate of drug-likeness (QED) is 0.634. The van der Waals surface area contributed by atoms with Crippen molar-refractivity contribution < 1.29 is 14.6 Å². The smallest absolute Gasteiger partial charge is 0.301 e. The minimum Gasteiger partial charge on any atom is -0.368 e. The molecule has 0 aromatic heterocycles. The van der Waals surface area contributed by atoms with E-state index < -0.39 is 9.85 Å². The molecule has 0 radical (unpaired) electrons. The van der Waals surface area contributed by atoms with Crippen LogP contribution in [0.4, 0.5) is 17.1 Å². The van der Waals surface area contributed by atoms with Gasteiger partial charge in [0.15, 0.2) is 0 Å². The van der Waals surface area contributed by atoms with Crippen molar-refractivity contribution in [2.75, 3.05) is 5.43 Å². The molecule has 142 valence electrons. The van der Waals surface area contributed by atoms with E-state index in [0.717, 1.165) is 31.0 Å². The molecule has 27 heavy (non-hydrogen) atoms. The Labute approximate surface area is 155 Å². The van der Waals surface area contributed by atoms with E-state index in [1.54, 1.807) is 0 Å². The van der Waals surface area contributed by atoms with Gasteiger partial charge in [0, 0.05) is 11.5 Å². The molecule has 2 bridgehead atoms. The molecule has 1 aromatic rings. The van der Waals surface area contributed by atoms with E-state index in [1.165, 1.54) is 37.8 Å². The van der Waals surface area contributed by atoms with Crippen molar-refractivity contribution in [2.45, 2.75) is 57.2 Å². The highest BCUT2D eigenvalue weighted by Gasteiger charge is 2.73. The number of hydrogen-bond donors (Lipinski definition) is 1. The number of nitro benzene ring substituents is 2. The Morgan fingerprint density at radius 2 is 1.96 bits per heavy atom. The molecule has 1 heterocycles. The minimum atomic E-state index is -0.648. The van der Waals surface area contributed by atoms with Gasteiger partial charge in [-0.25, -0.2) is 0 Å². The number of nitrogens with one attached hydrogen (secondary N) is 1. The normalized spacial score (nSPS) is 37.4. The predicted molar refractivity (Wildman–Crippen MR) is 96.7 cm³/mol. The molecule has 9 heteroatoms. The van der Waals surface area contributed by atoms with E-state index in [4.69, 9.17) is 4.74 Å². The molecule has 1 saturated heterocycles. The van der Waals surface area contributed by atoms with Crippen molar-refractivity contribution in [2.24, 2.45) is 15.9 Å². The summed E-state index contributed by atoms with van der Waals surface area (Å²) < 4.78 is 6.24. The van der Waals surface area contributed by atoms with E-state index in [1.807, 2.05) is 0 Å². The largest absolute Gasteiger partial charge is 0.368 e. The number of anilines is 1. The van der Waals surface area contributed by atoms with Crippen LogP contribution in [0.1, 0.15) is 44.9 Å². The van der Waals surface area contributed by atoms with Gasteiger partial charge in [0.1, 0.15) is 5.69 Å². The zero-order valence-electron chi connectivity index (χ0n) is 14.7. The first-order chi connectivity index (χ1) is 12.9. The Kier molecular flexibility index (Phi) is 3.37. The lowest BCUT2D eigenvalue weighted by Crippen LogP contribution is -2.62. The fraction of sp³-hybridized carbons (Fsp3) is 0.611. The third-order valence-electron chi connectivity index (χ3n) is 7.26. The van der Waals surface area contributed by atoms with Crippen molar-refractivity contribution >= 4 is 22.8 Å². The molecule has 4 fully saturated rings. The molecule has 0 unspecified atom stereocenters. The number of nitro groups is 2. The maximum absolute atomic E-state index is 11.3. The van der Waals surface area contributed by atoms with Crippen LogP contribution < -0.4 is 5.43 Å².